The second-order valence-corrected chi connectivity index (χ2v) is 7.58. The number of hydrogen-bond acceptors (Lipinski definition) is 10. The number of anilines is 2. The molecule has 1 aromatic carbocycles. The molecule has 14 heteroatoms. The fraction of sp³-hybridized carbons (Fsp3) is 0.389. The highest BCUT2D eigenvalue weighted by atomic mass is 35.5. The Morgan fingerprint density at radius 3 is 2.66 bits per heavy atom. The first-order valence-electron chi connectivity index (χ1n) is 9.59. The van der Waals surface area contributed by atoms with E-state index in [-0.39, 0.29) is 34.7 Å². The average Bonchev–Trinajstić information content (AvgIpc) is 2.77. The summed E-state index contributed by atoms with van der Waals surface area (Å²) in [5.74, 6) is -0.352. The number of carbonyl (C=O) groups excluding carboxylic acids is 1. The van der Waals surface area contributed by atoms with Gasteiger partial charge in [-0.05, 0) is 18.2 Å². The lowest BCUT2D eigenvalue weighted by Gasteiger charge is -2.34. The molecule has 0 saturated carbocycles. The molecule has 1 saturated heterocycles. The summed E-state index contributed by atoms with van der Waals surface area (Å²) in [5, 5.41) is 21.5. The van der Waals surface area contributed by atoms with E-state index in [2.05, 4.69) is 25.7 Å². The number of halogens is 2. The maximum absolute atomic E-state index is 12.1. The van der Waals surface area contributed by atoms with Crippen LogP contribution in [-0.4, -0.2) is 76.7 Å². The molecule has 0 bridgehead atoms. The third-order valence-corrected chi connectivity index (χ3v) is 5.18. The lowest BCUT2D eigenvalue weighted by molar-refractivity contribution is -0.383. The predicted molar refractivity (Wildman–Crippen MR) is 118 cm³/mol. The Bertz CT molecular complexity index is 973. The monoisotopic (exact) mass is 485 g/mol. The van der Waals surface area contributed by atoms with Crippen molar-refractivity contribution in [2.75, 3.05) is 56.3 Å². The summed E-state index contributed by atoms with van der Waals surface area (Å²) < 4.78 is 5.33. The van der Waals surface area contributed by atoms with Crippen LogP contribution in [0.15, 0.2) is 24.5 Å². The van der Waals surface area contributed by atoms with Gasteiger partial charge in [-0.25, -0.2) is 9.97 Å². The predicted octanol–water partition coefficient (Wildman–Crippen LogP) is 1.33. The van der Waals surface area contributed by atoms with E-state index in [0.717, 1.165) is 0 Å². The molecule has 0 spiro atoms. The molecule has 1 amide bonds. The molecule has 32 heavy (non-hydrogen) atoms. The van der Waals surface area contributed by atoms with Gasteiger partial charge in [-0.1, -0.05) is 23.2 Å². The number of hydrazine groups is 1. The Hall–Kier alpha value is -2.93. The zero-order chi connectivity index (χ0) is 23.1. The lowest BCUT2D eigenvalue weighted by atomic mass is 10.3. The molecule has 12 nitrogen and oxygen atoms in total. The van der Waals surface area contributed by atoms with Crippen LogP contribution < -0.4 is 20.5 Å². The molecule has 2 heterocycles. The maximum atomic E-state index is 12.1. The zero-order valence-electron chi connectivity index (χ0n) is 16.8. The Morgan fingerprint density at radius 1 is 1.25 bits per heavy atom. The normalized spacial score (nSPS) is 14.2. The van der Waals surface area contributed by atoms with Crippen molar-refractivity contribution >= 4 is 46.4 Å². The van der Waals surface area contributed by atoms with E-state index < -0.39 is 17.4 Å². The van der Waals surface area contributed by atoms with Crippen molar-refractivity contribution < 1.29 is 19.6 Å². The van der Waals surface area contributed by atoms with E-state index in [1.54, 1.807) is 11.0 Å². The van der Waals surface area contributed by atoms with Crippen LogP contribution in [0.2, 0.25) is 10.0 Å². The topological polar surface area (TPSA) is 146 Å². The van der Waals surface area contributed by atoms with Crippen LogP contribution in [0, 0.1) is 10.1 Å². The van der Waals surface area contributed by atoms with Crippen LogP contribution in [0.4, 0.5) is 17.3 Å². The number of nitro groups is 1. The van der Waals surface area contributed by atoms with Crippen molar-refractivity contribution in [2.24, 2.45) is 0 Å². The number of β-amino-alcohol motifs (C(OH)–C–C–N with tert-alkyl or cyclic N) is 1. The van der Waals surface area contributed by atoms with E-state index in [0.29, 0.717) is 37.7 Å². The van der Waals surface area contributed by atoms with Crippen LogP contribution in [0.1, 0.15) is 0 Å². The molecular weight excluding hydrogens is 465 g/mol. The lowest BCUT2D eigenvalue weighted by Crippen LogP contribution is -2.47. The van der Waals surface area contributed by atoms with Gasteiger partial charge in [-0.15, -0.1) is 0 Å². The highest BCUT2D eigenvalue weighted by molar-refractivity contribution is 6.35. The van der Waals surface area contributed by atoms with Gasteiger partial charge in [0.25, 0.3) is 5.91 Å². The van der Waals surface area contributed by atoms with E-state index in [1.807, 2.05) is 0 Å². The molecule has 3 rings (SSSR count). The minimum absolute atomic E-state index is 0.0510. The smallest absolute Gasteiger partial charge is 0.355 e. The summed E-state index contributed by atoms with van der Waals surface area (Å²) in [6.07, 6.45) is 1.18. The Labute approximate surface area is 193 Å². The van der Waals surface area contributed by atoms with Crippen molar-refractivity contribution in [2.45, 2.75) is 0 Å². The standard InChI is InChI=1S/C18H21Cl2N7O5/c19-12-1-2-14(13(20)9-12)32-10-15(29)23-24-17-16(27(30)31)18(22-11-21-17)26-5-3-25(4-6-26)7-8-28/h1-2,9,11,28H,3-8,10H2,(H,23,29)(H,21,22,24). The third-order valence-electron chi connectivity index (χ3n) is 4.65. The number of aromatic nitrogens is 2. The van der Waals surface area contributed by atoms with Crippen LogP contribution in [-0.2, 0) is 4.79 Å². The number of carbonyl (C=O) groups is 1. The average molecular weight is 486 g/mol. The third kappa shape index (κ3) is 6.07. The summed E-state index contributed by atoms with van der Waals surface area (Å²) in [6.45, 7) is 2.46. The molecule has 1 aliphatic rings. The van der Waals surface area contributed by atoms with Crippen molar-refractivity contribution in [3.05, 3.63) is 44.7 Å². The number of nitrogens with zero attached hydrogens (tertiary/aromatic N) is 5. The molecule has 0 unspecified atom stereocenters. The summed E-state index contributed by atoms with van der Waals surface area (Å²) >= 11 is 11.8. The molecular formula is C18H21Cl2N7O5. The molecule has 1 fully saturated rings. The summed E-state index contributed by atoms with van der Waals surface area (Å²) in [6, 6.07) is 4.56. The van der Waals surface area contributed by atoms with E-state index >= 15 is 0 Å². The quantitative estimate of drug-likeness (QED) is 0.351. The van der Waals surface area contributed by atoms with E-state index in [9.17, 15) is 14.9 Å². The second kappa shape index (κ2) is 11.1. The van der Waals surface area contributed by atoms with Gasteiger partial charge < -0.3 is 14.7 Å². The highest BCUT2D eigenvalue weighted by Gasteiger charge is 2.29. The molecule has 0 atom stereocenters. The highest BCUT2D eigenvalue weighted by Crippen LogP contribution is 2.32. The fourth-order valence-electron chi connectivity index (χ4n) is 3.09. The number of amides is 1. The van der Waals surface area contributed by atoms with Gasteiger partial charge in [0, 0.05) is 37.7 Å². The van der Waals surface area contributed by atoms with Crippen molar-refractivity contribution in [1.82, 2.24) is 20.3 Å². The van der Waals surface area contributed by atoms with Crippen molar-refractivity contribution in [3.8, 4) is 5.75 Å². The van der Waals surface area contributed by atoms with Crippen LogP contribution >= 0.6 is 23.2 Å². The summed E-state index contributed by atoms with van der Waals surface area (Å²) in [4.78, 5) is 35.0. The van der Waals surface area contributed by atoms with Gasteiger partial charge in [0.2, 0.25) is 11.6 Å². The number of rotatable bonds is 9. The Morgan fingerprint density at radius 2 is 2.00 bits per heavy atom. The molecule has 0 aliphatic carbocycles. The zero-order valence-corrected chi connectivity index (χ0v) is 18.3. The first-order valence-corrected chi connectivity index (χ1v) is 10.3. The minimum Gasteiger partial charge on any atom is -0.482 e. The number of ether oxygens (including phenoxy) is 1. The Balaban J connectivity index is 1.63. The van der Waals surface area contributed by atoms with Gasteiger partial charge in [-0.3, -0.25) is 30.7 Å². The van der Waals surface area contributed by atoms with Gasteiger partial charge in [-0.2, -0.15) is 0 Å². The number of benzene rings is 1. The van der Waals surface area contributed by atoms with Gasteiger partial charge in [0.1, 0.15) is 12.1 Å². The minimum atomic E-state index is -0.608. The van der Waals surface area contributed by atoms with Gasteiger partial charge >= 0.3 is 5.69 Å². The van der Waals surface area contributed by atoms with Crippen molar-refractivity contribution in [3.63, 3.8) is 0 Å². The summed E-state index contributed by atoms with van der Waals surface area (Å²) in [7, 11) is 0. The van der Waals surface area contributed by atoms with Crippen LogP contribution in [0.25, 0.3) is 0 Å². The number of aliphatic hydroxyl groups excluding tert-OH is 1. The number of hydrogen-bond donors (Lipinski definition) is 3. The number of nitrogens with one attached hydrogen (secondary N) is 2. The molecule has 3 N–H and O–H groups in total. The van der Waals surface area contributed by atoms with Crippen LogP contribution in [0.5, 0.6) is 5.75 Å². The molecule has 1 aromatic heterocycles. The SMILES string of the molecule is O=C(COc1ccc(Cl)cc1Cl)NNc1ncnc(N2CCN(CCO)CC2)c1[N+](=O)[O-]. The first-order chi connectivity index (χ1) is 15.4. The fourth-order valence-corrected chi connectivity index (χ4v) is 3.55. The van der Waals surface area contributed by atoms with Crippen LogP contribution in [0.3, 0.4) is 0 Å². The first kappa shape index (κ1) is 23.7. The second-order valence-electron chi connectivity index (χ2n) is 6.74. The van der Waals surface area contributed by atoms with Crippen molar-refractivity contribution in [1.29, 1.82) is 0 Å². The largest absolute Gasteiger partial charge is 0.482 e. The maximum Gasteiger partial charge on any atom is 0.355 e. The van der Waals surface area contributed by atoms with Gasteiger partial charge in [0.05, 0.1) is 16.6 Å². The Kier molecular flexibility index (Phi) is 8.22. The number of piperazine rings is 1. The molecule has 2 aromatic rings. The van der Waals surface area contributed by atoms with Gasteiger partial charge in [0.15, 0.2) is 6.61 Å². The molecule has 0 radical (unpaired) electrons. The summed E-state index contributed by atoms with van der Waals surface area (Å²) in [5.41, 5.74) is 4.43. The molecule has 1 aliphatic heterocycles. The number of aliphatic hydroxyl groups is 1. The van der Waals surface area contributed by atoms with E-state index in [1.165, 1.54) is 18.5 Å². The van der Waals surface area contributed by atoms with E-state index in [4.69, 9.17) is 33.0 Å². The molecule has 172 valence electrons.